The smallest absolute Gasteiger partial charge is 0.321 e. The molecule has 0 radical (unpaired) electrons. The number of hydrogen-bond donors (Lipinski definition) is 2. The Morgan fingerprint density at radius 1 is 1.10 bits per heavy atom. The van der Waals surface area contributed by atoms with Gasteiger partial charge in [-0.25, -0.2) is 4.79 Å². The molecule has 0 spiro atoms. The number of likely N-dealkylation sites (tertiary alicyclic amines) is 1. The summed E-state index contributed by atoms with van der Waals surface area (Å²) >= 11 is 0. The maximum absolute atomic E-state index is 13.0. The van der Waals surface area contributed by atoms with Gasteiger partial charge < -0.3 is 25.0 Å². The van der Waals surface area contributed by atoms with Crippen LogP contribution in [0.2, 0.25) is 0 Å². The molecule has 2 heterocycles. The fourth-order valence-corrected chi connectivity index (χ4v) is 4.12. The molecule has 0 unspecified atom stereocenters. The third-order valence-electron chi connectivity index (χ3n) is 6.03. The lowest BCUT2D eigenvalue weighted by molar-refractivity contribution is -0.132. The summed E-state index contributed by atoms with van der Waals surface area (Å²) in [7, 11) is 0. The van der Waals surface area contributed by atoms with Gasteiger partial charge in [0.2, 0.25) is 5.91 Å². The van der Waals surface area contributed by atoms with E-state index in [-0.39, 0.29) is 11.9 Å². The summed E-state index contributed by atoms with van der Waals surface area (Å²) in [5, 5.41) is 5.99. The highest BCUT2D eigenvalue weighted by molar-refractivity contribution is 5.91. The predicted molar refractivity (Wildman–Crippen MR) is 118 cm³/mol. The van der Waals surface area contributed by atoms with Gasteiger partial charge in [0.05, 0.1) is 5.41 Å². The number of benzene rings is 2. The molecule has 7 heteroatoms. The maximum Gasteiger partial charge on any atom is 0.321 e. The molecule has 0 saturated carbocycles. The molecule has 0 aromatic heterocycles. The number of amides is 3. The summed E-state index contributed by atoms with van der Waals surface area (Å²) in [5.74, 6) is 1.29. The summed E-state index contributed by atoms with van der Waals surface area (Å²) < 4.78 is 11.1. The fourth-order valence-electron chi connectivity index (χ4n) is 4.12. The maximum atomic E-state index is 13.0. The van der Waals surface area contributed by atoms with Gasteiger partial charge in [-0.2, -0.15) is 0 Å². The molecule has 1 fully saturated rings. The van der Waals surface area contributed by atoms with Crippen LogP contribution in [0.5, 0.6) is 11.5 Å². The van der Waals surface area contributed by atoms with Crippen molar-refractivity contribution in [3.8, 4) is 11.5 Å². The van der Waals surface area contributed by atoms with Gasteiger partial charge in [-0.3, -0.25) is 4.79 Å². The summed E-state index contributed by atoms with van der Waals surface area (Å²) in [6.45, 7) is 6.48. The van der Waals surface area contributed by atoms with E-state index in [2.05, 4.69) is 10.6 Å². The molecule has 2 aliphatic rings. The number of rotatable bonds is 4. The van der Waals surface area contributed by atoms with Gasteiger partial charge in [0.25, 0.3) is 0 Å². The summed E-state index contributed by atoms with van der Waals surface area (Å²) in [4.78, 5) is 27.6. The zero-order valence-corrected chi connectivity index (χ0v) is 18.1. The summed E-state index contributed by atoms with van der Waals surface area (Å²) in [6.07, 6.45) is 1.53. The average Bonchev–Trinajstić information content (AvgIpc) is 2.78. The van der Waals surface area contributed by atoms with Crippen LogP contribution in [-0.4, -0.2) is 43.1 Å². The number of nitrogens with one attached hydrogen (secondary N) is 2. The second-order valence-electron chi connectivity index (χ2n) is 8.48. The van der Waals surface area contributed by atoms with E-state index in [0.29, 0.717) is 50.0 Å². The van der Waals surface area contributed by atoms with E-state index in [1.54, 1.807) is 23.1 Å². The van der Waals surface area contributed by atoms with Gasteiger partial charge >= 0.3 is 6.03 Å². The van der Waals surface area contributed by atoms with E-state index in [1.165, 1.54) is 0 Å². The van der Waals surface area contributed by atoms with Crippen molar-refractivity contribution in [2.24, 2.45) is 5.41 Å². The van der Waals surface area contributed by atoms with E-state index in [9.17, 15) is 9.59 Å². The zero-order chi connectivity index (χ0) is 21.8. The fraction of sp³-hybridized carbons (Fsp3) is 0.417. The van der Waals surface area contributed by atoms with Crippen LogP contribution < -0.4 is 20.1 Å². The highest BCUT2D eigenvalue weighted by Crippen LogP contribution is 2.33. The third kappa shape index (κ3) is 4.76. The minimum Gasteiger partial charge on any atom is -0.486 e. The Morgan fingerprint density at radius 2 is 1.87 bits per heavy atom. The molecule has 1 saturated heterocycles. The van der Waals surface area contributed by atoms with Crippen molar-refractivity contribution in [2.75, 3.05) is 31.6 Å². The van der Waals surface area contributed by atoms with E-state index in [0.717, 1.165) is 24.0 Å². The summed E-state index contributed by atoms with van der Waals surface area (Å²) in [5.41, 5.74) is 2.27. The van der Waals surface area contributed by atoms with Gasteiger partial charge in [0, 0.05) is 31.4 Å². The Kier molecular flexibility index (Phi) is 6.02. The SMILES string of the molecule is Cc1ccccc1CNC(=O)[C@]1(C)CCCN(C(=O)Nc2ccc3c(c2)OCCO3)C1. The molecule has 2 aromatic rings. The standard InChI is InChI=1S/C24H29N3O4/c1-17-6-3-4-7-18(17)15-25-22(28)24(2)10-5-11-27(16-24)23(29)26-19-8-9-20-21(14-19)31-13-12-30-20/h3-4,6-9,14H,5,10-13,15-16H2,1-2H3,(H,25,28)(H,26,29)/t24-/m1/s1. The number of carbonyl (C=O) groups excluding carboxylic acids is 2. The molecular formula is C24H29N3O4. The number of ether oxygens (including phenoxy) is 2. The Balaban J connectivity index is 1.37. The topological polar surface area (TPSA) is 79.9 Å². The lowest BCUT2D eigenvalue weighted by Crippen LogP contribution is -2.52. The first-order valence-corrected chi connectivity index (χ1v) is 10.7. The average molecular weight is 424 g/mol. The third-order valence-corrected chi connectivity index (χ3v) is 6.03. The number of nitrogens with zero attached hydrogens (tertiary/aromatic N) is 1. The second-order valence-corrected chi connectivity index (χ2v) is 8.48. The second kappa shape index (κ2) is 8.88. The minimum absolute atomic E-state index is 0.0208. The van der Waals surface area contributed by atoms with Gasteiger partial charge in [-0.1, -0.05) is 24.3 Å². The van der Waals surface area contributed by atoms with Crippen LogP contribution in [0.3, 0.4) is 0 Å². The van der Waals surface area contributed by atoms with E-state index >= 15 is 0 Å². The first-order valence-electron chi connectivity index (χ1n) is 10.7. The van der Waals surface area contributed by atoms with Crippen molar-refractivity contribution in [1.82, 2.24) is 10.2 Å². The lowest BCUT2D eigenvalue weighted by Gasteiger charge is -2.39. The van der Waals surface area contributed by atoms with Crippen molar-refractivity contribution < 1.29 is 19.1 Å². The number of anilines is 1. The number of aryl methyl sites for hydroxylation is 1. The number of piperidine rings is 1. The molecule has 2 aliphatic heterocycles. The van der Waals surface area contributed by atoms with Crippen molar-refractivity contribution in [3.63, 3.8) is 0 Å². The van der Waals surface area contributed by atoms with E-state index < -0.39 is 5.41 Å². The molecular weight excluding hydrogens is 394 g/mol. The van der Waals surface area contributed by atoms with Crippen LogP contribution in [0.15, 0.2) is 42.5 Å². The largest absolute Gasteiger partial charge is 0.486 e. The molecule has 0 aliphatic carbocycles. The molecule has 7 nitrogen and oxygen atoms in total. The number of carbonyl (C=O) groups is 2. The first kappa shape index (κ1) is 21.0. The van der Waals surface area contributed by atoms with E-state index in [1.807, 2.05) is 38.1 Å². The minimum atomic E-state index is -0.620. The predicted octanol–water partition coefficient (Wildman–Crippen LogP) is 3.72. The normalized spacial score (nSPS) is 20.1. The molecule has 3 amide bonds. The first-order chi connectivity index (χ1) is 14.9. The molecule has 0 bridgehead atoms. The van der Waals surface area contributed by atoms with Crippen molar-refractivity contribution in [2.45, 2.75) is 33.2 Å². The molecule has 164 valence electrons. The van der Waals surface area contributed by atoms with Crippen LogP contribution in [0.25, 0.3) is 0 Å². The van der Waals surface area contributed by atoms with Gasteiger partial charge in [-0.15, -0.1) is 0 Å². The molecule has 31 heavy (non-hydrogen) atoms. The highest BCUT2D eigenvalue weighted by Gasteiger charge is 2.39. The number of urea groups is 1. The van der Waals surface area contributed by atoms with Gasteiger partial charge in [0.15, 0.2) is 11.5 Å². The quantitative estimate of drug-likeness (QED) is 0.786. The Morgan fingerprint density at radius 3 is 2.68 bits per heavy atom. The van der Waals surface area contributed by atoms with Gasteiger partial charge in [-0.05, 0) is 49.9 Å². The Bertz CT molecular complexity index is 977. The Hall–Kier alpha value is -3.22. The van der Waals surface area contributed by atoms with Crippen molar-refractivity contribution in [1.29, 1.82) is 0 Å². The molecule has 4 rings (SSSR count). The van der Waals surface area contributed by atoms with Gasteiger partial charge in [0.1, 0.15) is 13.2 Å². The van der Waals surface area contributed by atoms with Crippen LogP contribution in [0.4, 0.5) is 10.5 Å². The van der Waals surface area contributed by atoms with Crippen molar-refractivity contribution >= 4 is 17.6 Å². The van der Waals surface area contributed by atoms with Crippen LogP contribution >= 0.6 is 0 Å². The van der Waals surface area contributed by atoms with Crippen LogP contribution in [-0.2, 0) is 11.3 Å². The number of fused-ring (bicyclic) bond motifs is 1. The monoisotopic (exact) mass is 423 g/mol. The highest BCUT2D eigenvalue weighted by atomic mass is 16.6. The number of hydrogen-bond acceptors (Lipinski definition) is 4. The van der Waals surface area contributed by atoms with Crippen LogP contribution in [0.1, 0.15) is 30.9 Å². The summed E-state index contributed by atoms with van der Waals surface area (Å²) in [6, 6.07) is 13.2. The lowest BCUT2D eigenvalue weighted by atomic mass is 9.81. The zero-order valence-electron chi connectivity index (χ0n) is 18.1. The van der Waals surface area contributed by atoms with Crippen molar-refractivity contribution in [3.05, 3.63) is 53.6 Å². The molecule has 2 N–H and O–H groups in total. The molecule has 2 aromatic carbocycles. The molecule has 1 atom stereocenters. The Labute approximate surface area is 182 Å². The van der Waals surface area contributed by atoms with E-state index in [4.69, 9.17) is 9.47 Å². The van der Waals surface area contributed by atoms with Crippen LogP contribution in [0, 0.1) is 12.3 Å².